The van der Waals surface area contributed by atoms with Crippen LogP contribution in [0.5, 0.6) is 0 Å². The molecule has 2 aliphatic rings. The molecule has 1 aromatic rings. The lowest BCUT2D eigenvalue weighted by atomic mass is 9.88. The highest BCUT2D eigenvalue weighted by Crippen LogP contribution is 2.28. The lowest BCUT2D eigenvalue weighted by Gasteiger charge is -2.34. The number of carbonyl (C=O) groups is 1. The molecule has 0 radical (unpaired) electrons. The number of rotatable bonds is 4. The zero-order chi connectivity index (χ0) is 18.2. The van der Waals surface area contributed by atoms with Crippen LogP contribution < -0.4 is 5.32 Å². The van der Waals surface area contributed by atoms with Crippen molar-refractivity contribution in [2.45, 2.75) is 51.9 Å². The second-order valence-electron chi connectivity index (χ2n) is 7.46. The van der Waals surface area contributed by atoms with Gasteiger partial charge in [-0.25, -0.2) is 8.42 Å². The average Bonchev–Trinajstić information content (AvgIpc) is 2.92. The molecule has 1 fully saturated rings. The molecule has 3 rings (SSSR count). The summed E-state index contributed by atoms with van der Waals surface area (Å²) in [4.78, 5) is 12.4. The molecule has 25 heavy (non-hydrogen) atoms. The van der Waals surface area contributed by atoms with Crippen molar-refractivity contribution in [1.29, 1.82) is 0 Å². The Labute approximate surface area is 148 Å². The molecule has 0 aliphatic carbocycles. The predicted octanol–water partition coefficient (Wildman–Crippen LogP) is 0.480. The van der Waals surface area contributed by atoms with Gasteiger partial charge < -0.3 is 10.1 Å². The summed E-state index contributed by atoms with van der Waals surface area (Å²) in [5.41, 5.74) is 1.35. The molecule has 2 aliphatic heterocycles. The first-order valence-electron chi connectivity index (χ1n) is 8.56. The van der Waals surface area contributed by atoms with Crippen LogP contribution in [0, 0.1) is 5.92 Å². The maximum Gasteiger partial charge on any atom is 0.223 e. The number of fused-ring (bicyclic) bond motifs is 1. The molecule has 0 aromatic carbocycles. The van der Waals surface area contributed by atoms with E-state index in [2.05, 4.69) is 10.4 Å². The molecule has 1 atom stereocenters. The highest BCUT2D eigenvalue weighted by molar-refractivity contribution is 7.88. The van der Waals surface area contributed by atoms with Crippen LogP contribution in [0.2, 0.25) is 0 Å². The van der Waals surface area contributed by atoms with E-state index in [9.17, 15) is 13.2 Å². The molecular formula is C16H26N4O4S. The molecular weight excluding hydrogens is 344 g/mol. The lowest BCUT2D eigenvalue weighted by Crippen LogP contribution is -2.41. The molecule has 1 aromatic heterocycles. The number of amides is 1. The Bertz CT molecular complexity index is 756. The van der Waals surface area contributed by atoms with E-state index in [1.807, 2.05) is 24.6 Å². The van der Waals surface area contributed by atoms with Crippen molar-refractivity contribution in [3.63, 3.8) is 0 Å². The average molecular weight is 370 g/mol. The fourth-order valence-corrected chi connectivity index (χ4v) is 4.23. The van der Waals surface area contributed by atoms with Crippen LogP contribution in [-0.2, 0) is 39.2 Å². The van der Waals surface area contributed by atoms with E-state index in [-0.39, 0.29) is 17.4 Å². The van der Waals surface area contributed by atoms with E-state index >= 15 is 0 Å². The standard InChI is InChI=1S/C16H26N4O4S/c1-16(2)9-12(4-7-24-16)15(21)17-10-13-8-14-11-19(25(3,22)23)5-6-20(14)18-13/h8,12H,4-7,9-11H2,1-3H3,(H,17,21)/t12-/m0/s1. The van der Waals surface area contributed by atoms with Crippen molar-refractivity contribution >= 4 is 15.9 Å². The van der Waals surface area contributed by atoms with E-state index in [4.69, 9.17) is 4.74 Å². The summed E-state index contributed by atoms with van der Waals surface area (Å²) >= 11 is 0. The zero-order valence-corrected chi connectivity index (χ0v) is 15.8. The molecule has 9 heteroatoms. The van der Waals surface area contributed by atoms with E-state index in [0.29, 0.717) is 39.2 Å². The molecule has 1 amide bonds. The van der Waals surface area contributed by atoms with Crippen LogP contribution in [0.25, 0.3) is 0 Å². The molecule has 8 nitrogen and oxygen atoms in total. The van der Waals surface area contributed by atoms with Gasteiger partial charge in [0.25, 0.3) is 0 Å². The summed E-state index contributed by atoms with van der Waals surface area (Å²) < 4.78 is 32.3. The number of hydrogen-bond donors (Lipinski definition) is 1. The van der Waals surface area contributed by atoms with Gasteiger partial charge in [-0.15, -0.1) is 0 Å². The Kier molecular flexibility index (Phi) is 4.91. The molecule has 1 saturated heterocycles. The summed E-state index contributed by atoms with van der Waals surface area (Å²) in [6.45, 7) is 6.25. The minimum Gasteiger partial charge on any atom is -0.376 e. The van der Waals surface area contributed by atoms with Gasteiger partial charge in [0.05, 0.1) is 42.9 Å². The minimum absolute atomic E-state index is 0.0279. The van der Waals surface area contributed by atoms with Gasteiger partial charge in [-0.1, -0.05) is 0 Å². The first-order chi connectivity index (χ1) is 11.6. The van der Waals surface area contributed by atoms with E-state index in [0.717, 1.165) is 17.8 Å². The van der Waals surface area contributed by atoms with Crippen LogP contribution >= 0.6 is 0 Å². The fourth-order valence-electron chi connectivity index (χ4n) is 3.45. The number of carbonyl (C=O) groups excluding carboxylic acids is 1. The van der Waals surface area contributed by atoms with Gasteiger partial charge in [0.15, 0.2) is 0 Å². The van der Waals surface area contributed by atoms with Gasteiger partial charge in [0, 0.05) is 19.1 Å². The second-order valence-corrected chi connectivity index (χ2v) is 9.44. The molecule has 140 valence electrons. The van der Waals surface area contributed by atoms with Crippen LogP contribution in [0.15, 0.2) is 6.07 Å². The first-order valence-corrected chi connectivity index (χ1v) is 10.4. The molecule has 0 bridgehead atoms. The molecule has 0 spiro atoms. The summed E-state index contributed by atoms with van der Waals surface area (Å²) in [6, 6.07) is 1.87. The smallest absolute Gasteiger partial charge is 0.223 e. The number of nitrogens with one attached hydrogen (secondary N) is 1. The summed E-state index contributed by atoms with van der Waals surface area (Å²) in [5, 5.41) is 7.42. The second kappa shape index (κ2) is 6.69. The number of sulfonamides is 1. The Balaban J connectivity index is 1.58. The van der Waals surface area contributed by atoms with E-state index in [1.165, 1.54) is 10.6 Å². The summed E-state index contributed by atoms with van der Waals surface area (Å²) in [6.07, 6.45) is 2.66. The zero-order valence-electron chi connectivity index (χ0n) is 15.0. The van der Waals surface area contributed by atoms with Gasteiger partial charge in [-0.3, -0.25) is 9.48 Å². The van der Waals surface area contributed by atoms with Gasteiger partial charge >= 0.3 is 0 Å². The van der Waals surface area contributed by atoms with Crippen LogP contribution in [0.4, 0.5) is 0 Å². The number of nitrogens with zero attached hydrogens (tertiary/aromatic N) is 3. The van der Waals surface area contributed by atoms with Crippen molar-refractivity contribution in [3.05, 3.63) is 17.5 Å². The van der Waals surface area contributed by atoms with E-state index in [1.54, 1.807) is 0 Å². The number of aromatic nitrogens is 2. The highest BCUT2D eigenvalue weighted by Gasteiger charge is 2.33. The predicted molar refractivity (Wildman–Crippen MR) is 92.1 cm³/mol. The van der Waals surface area contributed by atoms with Crippen LogP contribution in [-0.4, -0.2) is 53.4 Å². The lowest BCUT2D eigenvalue weighted by molar-refractivity contribution is -0.135. The third-order valence-corrected chi connectivity index (χ3v) is 6.04. The van der Waals surface area contributed by atoms with Crippen molar-refractivity contribution in [3.8, 4) is 0 Å². The Hall–Kier alpha value is -1.45. The molecule has 3 heterocycles. The van der Waals surface area contributed by atoms with Crippen molar-refractivity contribution in [2.24, 2.45) is 5.92 Å². The highest BCUT2D eigenvalue weighted by atomic mass is 32.2. The third-order valence-electron chi connectivity index (χ3n) is 4.79. The maximum atomic E-state index is 12.4. The number of hydrogen-bond acceptors (Lipinski definition) is 5. The molecule has 0 saturated carbocycles. The Morgan fingerprint density at radius 3 is 2.88 bits per heavy atom. The van der Waals surface area contributed by atoms with Gasteiger partial charge in [0.1, 0.15) is 0 Å². The van der Waals surface area contributed by atoms with Crippen molar-refractivity contribution in [1.82, 2.24) is 19.4 Å². The van der Waals surface area contributed by atoms with Gasteiger partial charge in [-0.05, 0) is 32.8 Å². The quantitative estimate of drug-likeness (QED) is 0.832. The number of ether oxygens (including phenoxy) is 1. The minimum atomic E-state index is -3.20. The normalized spacial score (nSPS) is 23.9. The topological polar surface area (TPSA) is 93.5 Å². The maximum absolute atomic E-state index is 12.4. The first kappa shape index (κ1) is 18.3. The largest absolute Gasteiger partial charge is 0.376 e. The van der Waals surface area contributed by atoms with Crippen LogP contribution in [0.1, 0.15) is 38.1 Å². The summed E-state index contributed by atoms with van der Waals surface area (Å²) in [5.74, 6) is -0.0122. The Morgan fingerprint density at radius 1 is 1.44 bits per heavy atom. The fraction of sp³-hybridized carbons (Fsp3) is 0.750. The van der Waals surface area contributed by atoms with Crippen molar-refractivity contribution < 1.29 is 17.9 Å². The molecule has 0 unspecified atom stereocenters. The van der Waals surface area contributed by atoms with Gasteiger partial charge in [0.2, 0.25) is 15.9 Å². The monoisotopic (exact) mass is 370 g/mol. The van der Waals surface area contributed by atoms with Crippen molar-refractivity contribution in [2.75, 3.05) is 19.4 Å². The SMILES string of the molecule is CC1(C)C[C@@H](C(=O)NCc2cc3n(n2)CCN(S(C)(=O)=O)C3)CCO1. The Morgan fingerprint density at radius 2 is 2.20 bits per heavy atom. The summed E-state index contributed by atoms with van der Waals surface area (Å²) in [7, 11) is -3.20. The molecule has 1 N–H and O–H groups in total. The van der Waals surface area contributed by atoms with E-state index < -0.39 is 10.0 Å². The van der Waals surface area contributed by atoms with Gasteiger partial charge in [-0.2, -0.15) is 9.40 Å². The van der Waals surface area contributed by atoms with Crippen LogP contribution in [0.3, 0.4) is 0 Å². The third kappa shape index (κ3) is 4.39.